The number of hydrogen-bond donors (Lipinski definition) is 3. The zero-order valence-electron chi connectivity index (χ0n) is 10.9. The summed E-state index contributed by atoms with van der Waals surface area (Å²) in [6.45, 7) is 1.47. The lowest BCUT2D eigenvalue weighted by Crippen LogP contribution is -2.12. The molecule has 2 aromatic rings. The van der Waals surface area contributed by atoms with E-state index in [-0.39, 0.29) is 10.9 Å². The van der Waals surface area contributed by atoms with E-state index in [0.717, 1.165) is 11.4 Å². The molecule has 0 bridgehead atoms. The Labute approximate surface area is 122 Å². The van der Waals surface area contributed by atoms with Crippen LogP contribution in [0.25, 0.3) is 0 Å². The minimum Gasteiger partial charge on any atom is -0.388 e. The molecule has 0 spiro atoms. The molecule has 0 aliphatic rings. The van der Waals surface area contributed by atoms with Gasteiger partial charge in [-0.3, -0.25) is 4.79 Å². The Hall–Kier alpha value is -2.47. The van der Waals surface area contributed by atoms with Gasteiger partial charge in [-0.05, 0) is 36.4 Å². The number of amides is 1. The van der Waals surface area contributed by atoms with Crippen molar-refractivity contribution in [3.8, 4) is 0 Å². The van der Waals surface area contributed by atoms with E-state index in [1.807, 2.05) is 24.3 Å². The van der Waals surface area contributed by atoms with E-state index in [0.29, 0.717) is 11.5 Å². The Bertz CT molecular complexity index is 640. The van der Waals surface area contributed by atoms with Crippen molar-refractivity contribution < 1.29 is 4.79 Å². The summed E-state index contributed by atoms with van der Waals surface area (Å²) in [6.07, 6.45) is 0. The molecule has 1 heterocycles. The number of rotatable bonds is 4. The highest BCUT2D eigenvalue weighted by Crippen LogP contribution is 2.17. The molecule has 0 aliphatic heterocycles. The largest absolute Gasteiger partial charge is 0.388 e. The Kier molecular flexibility index (Phi) is 4.27. The average Bonchev–Trinajstić information content (AvgIpc) is 2.41. The lowest BCUT2D eigenvalue weighted by Gasteiger charge is -2.08. The van der Waals surface area contributed by atoms with E-state index in [4.69, 9.17) is 18.0 Å². The predicted molar refractivity (Wildman–Crippen MR) is 84.2 cm³/mol. The summed E-state index contributed by atoms with van der Waals surface area (Å²) in [7, 11) is 0. The van der Waals surface area contributed by atoms with Crippen LogP contribution in [-0.2, 0) is 4.79 Å². The molecule has 1 aromatic heterocycles. The van der Waals surface area contributed by atoms with Crippen LogP contribution in [0, 0.1) is 0 Å². The number of benzene rings is 1. The molecule has 1 aromatic carbocycles. The molecule has 0 fully saturated rings. The lowest BCUT2D eigenvalue weighted by molar-refractivity contribution is -0.114. The fraction of sp³-hybridized carbons (Fsp3) is 0.0714. The van der Waals surface area contributed by atoms with E-state index in [2.05, 4.69) is 15.6 Å². The van der Waals surface area contributed by atoms with Crippen LogP contribution in [0.1, 0.15) is 12.6 Å². The van der Waals surface area contributed by atoms with Crippen LogP contribution in [0.5, 0.6) is 0 Å². The van der Waals surface area contributed by atoms with Crippen molar-refractivity contribution >= 4 is 40.3 Å². The van der Waals surface area contributed by atoms with Crippen molar-refractivity contribution in [2.24, 2.45) is 5.73 Å². The van der Waals surface area contributed by atoms with E-state index in [9.17, 15) is 4.79 Å². The number of aromatic nitrogens is 1. The van der Waals surface area contributed by atoms with Crippen molar-refractivity contribution in [2.75, 3.05) is 10.6 Å². The molecule has 2 rings (SSSR count). The van der Waals surface area contributed by atoms with Crippen LogP contribution in [0.4, 0.5) is 17.2 Å². The molecule has 0 radical (unpaired) electrons. The van der Waals surface area contributed by atoms with Crippen LogP contribution < -0.4 is 16.4 Å². The lowest BCUT2D eigenvalue weighted by atomic mass is 10.2. The van der Waals surface area contributed by atoms with Gasteiger partial charge in [-0.1, -0.05) is 18.3 Å². The van der Waals surface area contributed by atoms with E-state index in [1.54, 1.807) is 18.2 Å². The molecule has 0 saturated heterocycles. The van der Waals surface area contributed by atoms with Crippen molar-refractivity contribution in [3.63, 3.8) is 0 Å². The summed E-state index contributed by atoms with van der Waals surface area (Å²) in [6, 6.07) is 12.7. The van der Waals surface area contributed by atoms with E-state index in [1.165, 1.54) is 6.92 Å². The first-order chi connectivity index (χ1) is 9.54. The number of nitrogens with two attached hydrogens (primary N) is 1. The molecule has 0 aliphatic carbocycles. The molecule has 1 amide bonds. The first-order valence-electron chi connectivity index (χ1n) is 5.96. The van der Waals surface area contributed by atoms with Gasteiger partial charge in [0.2, 0.25) is 5.91 Å². The first-order valence-corrected chi connectivity index (χ1v) is 6.37. The molecule has 6 heteroatoms. The third kappa shape index (κ3) is 3.76. The van der Waals surface area contributed by atoms with Gasteiger partial charge in [0.25, 0.3) is 0 Å². The minimum atomic E-state index is -0.100. The smallest absolute Gasteiger partial charge is 0.221 e. The van der Waals surface area contributed by atoms with Crippen LogP contribution in [0.15, 0.2) is 42.5 Å². The van der Waals surface area contributed by atoms with Gasteiger partial charge in [0.1, 0.15) is 10.8 Å². The number of anilines is 3. The standard InChI is InChI=1S/C14H14N4OS/c1-9(19)16-10-5-7-11(8-6-10)17-13-4-2-3-12(18-13)14(15)20/h2-8H,1H3,(H2,15,20)(H,16,19)(H,17,18). The zero-order chi connectivity index (χ0) is 14.5. The highest BCUT2D eigenvalue weighted by atomic mass is 32.1. The molecular weight excluding hydrogens is 272 g/mol. The van der Waals surface area contributed by atoms with E-state index >= 15 is 0 Å². The second-order valence-corrected chi connectivity index (χ2v) is 4.60. The predicted octanol–water partition coefficient (Wildman–Crippen LogP) is 2.42. The van der Waals surface area contributed by atoms with Gasteiger partial charge in [0.15, 0.2) is 0 Å². The van der Waals surface area contributed by atoms with E-state index < -0.39 is 0 Å². The van der Waals surface area contributed by atoms with Gasteiger partial charge in [-0.2, -0.15) is 0 Å². The maximum absolute atomic E-state index is 10.9. The van der Waals surface area contributed by atoms with Gasteiger partial charge >= 0.3 is 0 Å². The quantitative estimate of drug-likeness (QED) is 0.752. The summed E-state index contributed by atoms with van der Waals surface area (Å²) < 4.78 is 0. The number of carbonyl (C=O) groups excluding carboxylic acids is 1. The second kappa shape index (κ2) is 6.12. The second-order valence-electron chi connectivity index (χ2n) is 4.16. The van der Waals surface area contributed by atoms with Gasteiger partial charge in [0, 0.05) is 18.3 Å². The fourth-order valence-electron chi connectivity index (χ4n) is 1.63. The highest BCUT2D eigenvalue weighted by Gasteiger charge is 2.01. The topological polar surface area (TPSA) is 80.0 Å². The van der Waals surface area contributed by atoms with Crippen molar-refractivity contribution in [2.45, 2.75) is 6.92 Å². The third-order valence-corrected chi connectivity index (χ3v) is 2.69. The first kappa shape index (κ1) is 14.0. The van der Waals surface area contributed by atoms with Crippen LogP contribution >= 0.6 is 12.2 Å². The molecular formula is C14H14N4OS. The molecule has 5 nitrogen and oxygen atoms in total. The third-order valence-electron chi connectivity index (χ3n) is 2.48. The Balaban J connectivity index is 2.11. The highest BCUT2D eigenvalue weighted by molar-refractivity contribution is 7.80. The van der Waals surface area contributed by atoms with Crippen LogP contribution in [0.2, 0.25) is 0 Å². The van der Waals surface area contributed by atoms with Gasteiger partial charge < -0.3 is 16.4 Å². The normalized spacial score (nSPS) is 9.85. The van der Waals surface area contributed by atoms with Crippen molar-refractivity contribution in [1.82, 2.24) is 4.98 Å². The average molecular weight is 286 g/mol. The number of hydrogen-bond acceptors (Lipinski definition) is 4. The number of nitrogens with zero attached hydrogens (tertiary/aromatic N) is 1. The van der Waals surface area contributed by atoms with Gasteiger partial charge in [0.05, 0.1) is 5.69 Å². The summed E-state index contributed by atoms with van der Waals surface area (Å²) >= 11 is 4.89. The number of thiocarbonyl (C=S) groups is 1. The molecule has 0 saturated carbocycles. The zero-order valence-corrected chi connectivity index (χ0v) is 11.7. The Morgan fingerprint density at radius 1 is 1.15 bits per heavy atom. The van der Waals surface area contributed by atoms with Crippen molar-refractivity contribution in [1.29, 1.82) is 0 Å². The summed E-state index contributed by atoms with van der Waals surface area (Å²) in [5.74, 6) is 0.555. The number of pyridine rings is 1. The maximum atomic E-state index is 10.9. The fourth-order valence-corrected chi connectivity index (χ4v) is 1.74. The number of carbonyl (C=O) groups is 1. The van der Waals surface area contributed by atoms with Crippen molar-refractivity contribution in [3.05, 3.63) is 48.2 Å². The Morgan fingerprint density at radius 2 is 1.80 bits per heavy atom. The summed E-state index contributed by atoms with van der Waals surface area (Å²) in [4.78, 5) is 15.5. The van der Waals surface area contributed by atoms with Crippen LogP contribution in [0.3, 0.4) is 0 Å². The number of nitrogens with one attached hydrogen (secondary N) is 2. The molecule has 4 N–H and O–H groups in total. The minimum absolute atomic E-state index is 0.100. The monoisotopic (exact) mass is 286 g/mol. The van der Waals surface area contributed by atoms with Gasteiger partial charge in [-0.15, -0.1) is 0 Å². The maximum Gasteiger partial charge on any atom is 0.221 e. The molecule has 0 atom stereocenters. The molecule has 20 heavy (non-hydrogen) atoms. The summed E-state index contributed by atoms with van der Waals surface area (Å²) in [5, 5.41) is 5.84. The molecule has 0 unspecified atom stereocenters. The van der Waals surface area contributed by atoms with Crippen LogP contribution in [-0.4, -0.2) is 15.9 Å². The SMILES string of the molecule is CC(=O)Nc1ccc(Nc2cccc(C(N)=S)n2)cc1. The molecule has 102 valence electrons. The van der Waals surface area contributed by atoms with Gasteiger partial charge in [-0.25, -0.2) is 4.98 Å². The summed E-state index contributed by atoms with van der Waals surface area (Å²) in [5.41, 5.74) is 7.71. The Morgan fingerprint density at radius 3 is 2.40 bits per heavy atom.